The van der Waals surface area contributed by atoms with Gasteiger partial charge in [0.05, 0.1) is 22.8 Å². The Morgan fingerprint density at radius 3 is 2.60 bits per heavy atom. The molecule has 0 fully saturated rings. The van der Waals surface area contributed by atoms with Crippen molar-refractivity contribution >= 4 is 28.9 Å². The van der Waals surface area contributed by atoms with Crippen LogP contribution in [0, 0.1) is 6.92 Å². The molecule has 0 aliphatic rings. The van der Waals surface area contributed by atoms with Gasteiger partial charge in [-0.05, 0) is 49.7 Å². The lowest BCUT2D eigenvalue weighted by atomic mass is 10.2. The van der Waals surface area contributed by atoms with E-state index in [9.17, 15) is 0 Å². The van der Waals surface area contributed by atoms with Gasteiger partial charge in [-0.1, -0.05) is 29.3 Å². The second-order valence-corrected chi connectivity index (χ2v) is 6.46. The molecule has 5 nitrogen and oxygen atoms in total. The van der Waals surface area contributed by atoms with Crippen LogP contribution in [0.4, 0.5) is 5.69 Å². The Bertz CT molecular complexity index is 896. The van der Waals surface area contributed by atoms with Crippen LogP contribution in [0.15, 0.2) is 40.8 Å². The van der Waals surface area contributed by atoms with Crippen molar-refractivity contribution in [2.45, 2.75) is 19.9 Å². The Hall–Kier alpha value is -2.24. The van der Waals surface area contributed by atoms with Crippen LogP contribution in [-0.2, 0) is 0 Å². The number of aryl methyl sites for hydroxylation is 1. The maximum atomic E-state index is 6.04. The van der Waals surface area contributed by atoms with E-state index in [0.717, 1.165) is 17.0 Å². The van der Waals surface area contributed by atoms with Gasteiger partial charge in [0.15, 0.2) is 0 Å². The van der Waals surface area contributed by atoms with Gasteiger partial charge in [0.1, 0.15) is 11.8 Å². The van der Waals surface area contributed by atoms with Crippen LogP contribution in [0.2, 0.25) is 10.0 Å². The monoisotopic (exact) mass is 377 g/mol. The molecule has 0 amide bonds. The highest BCUT2D eigenvalue weighted by molar-refractivity contribution is 6.42. The molecule has 1 atom stereocenters. The topological polar surface area (TPSA) is 60.2 Å². The van der Waals surface area contributed by atoms with Gasteiger partial charge in [0.25, 0.3) is 0 Å². The molecule has 0 aliphatic carbocycles. The molecule has 3 rings (SSSR count). The molecule has 0 bridgehead atoms. The predicted molar refractivity (Wildman–Crippen MR) is 99.5 cm³/mol. The van der Waals surface area contributed by atoms with E-state index in [1.165, 1.54) is 0 Å². The van der Waals surface area contributed by atoms with E-state index >= 15 is 0 Å². The van der Waals surface area contributed by atoms with Crippen molar-refractivity contribution in [3.63, 3.8) is 0 Å². The summed E-state index contributed by atoms with van der Waals surface area (Å²) in [6.07, 6.45) is 0. The summed E-state index contributed by atoms with van der Waals surface area (Å²) in [6, 6.07) is 10.9. The van der Waals surface area contributed by atoms with Crippen LogP contribution in [0.5, 0.6) is 5.75 Å². The zero-order valence-electron chi connectivity index (χ0n) is 14.0. The summed E-state index contributed by atoms with van der Waals surface area (Å²) in [5, 5.41) is 12.5. The van der Waals surface area contributed by atoms with Gasteiger partial charge in [0.2, 0.25) is 11.8 Å². The maximum absolute atomic E-state index is 6.04. The van der Waals surface area contributed by atoms with Crippen molar-refractivity contribution in [1.29, 1.82) is 0 Å². The van der Waals surface area contributed by atoms with E-state index in [0.29, 0.717) is 27.4 Å². The lowest BCUT2D eigenvalue weighted by Crippen LogP contribution is -2.08. The Kier molecular flexibility index (Phi) is 5.16. The molecular formula is C18H17Cl2N3O2. The van der Waals surface area contributed by atoms with Crippen molar-refractivity contribution in [2.24, 2.45) is 0 Å². The smallest absolute Gasteiger partial charge is 0.247 e. The highest BCUT2D eigenvalue weighted by atomic mass is 35.5. The van der Waals surface area contributed by atoms with Gasteiger partial charge in [-0.2, -0.15) is 0 Å². The lowest BCUT2D eigenvalue weighted by Gasteiger charge is -2.15. The summed E-state index contributed by atoms with van der Waals surface area (Å²) in [4.78, 5) is 0. The average molecular weight is 378 g/mol. The van der Waals surface area contributed by atoms with Crippen LogP contribution < -0.4 is 10.1 Å². The van der Waals surface area contributed by atoms with Gasteiger partial charge in [-0.25, -0.2) is 0 Å². The third-order valence-corrected chi connectivity index (χ3v) is 4.44. The first kappa shape index (κ1) is 17.6. The third-order valence-electron chi connectivity index (χ3n) is 3.70. The molecule has 1 aromatic heterocycles. The predicted octanol–water partition coefficient (Wildman–Crippen LogP) is 5.53. The number of nitrogens with one attached hydrogen (secondary N) is 1. The van der Waals surface area contributed by atoms with Crippen molar-refractivity contribution in [3.8, 4) is 17.2 Å². The molecule has 130 valence electrons. The molecule has 25 heavy (non-hydrogen) atoms. The van der Waals surface area contributed by atoms with Gasteiger partial charge >= 0.3 is 0 Å². The minimum absolute atomic E-state index is 0.195. The molecule has 0 unspecified atom stereocenters. The summed E-state index contributed by atoms with van der Waals surface area (Å²) in [5.41, 5.74) is 2.70. The van der Waals surface area contributed by atoms with E-state index in [-0.39, 0.29) is 6.04 Å². The molecule has 3 aromatic rings. The van der Waals surface area contributed by atoms with E-state index in [1.807, 2.05) is 32.0 Å². The van der Waals surface area contributed by atoms with Crippen molar-refractivity contribution in [2.75, 3.05) is 12.4 Å². The summed E-state index contributed by atoms with van der Waals surface area (Å²) >= 11 is 12.0. The van der Waals surface area contributed by atoms with Crippen molar-refractivity contribution in [1.82, 2.24) is 10.2 Å². The Morgan fingerprint density at radius 1 is 1.08 bits per heavy atom. The van der Waals surface area contributed by atoms with Crippen LogP contribution in [0.1, 0.15) is 24.4 Å². The summed E-state index contributed by atoms with van der Waals surface area (Å²) in [7, 11) is 1.63. The molecule has 0 saturated heterocycles. The second kappa shape index (κ2) is 7.33. The fraction of sp³-hybridized carbons (Fsp3) is 0.222. The minimum atomic E-state index is -0.195. The van der Waals surface area contributed by atoms with Crippen molar-refractivity contribution in [3.05, 3.63) is 57.9 Å². The number of hydrogen-bond donors (Lipinski definition) is 1. The van der Waals surface area contributed by atoms with Gasteiger partial charge in [0, 0.05) is 5.56 Å². The zero-order valence-corrected chi connectivity index (χ0v) is 15.5. The highest BCUT2D eigenvalue weighted by Crippen LogP contribution is 2.31. The number of rotatable bonds is 5. The first-order valence-corrected chi connectivity index (χ1v) is 8.43. The molecule has 0 saturated carbocycles. The molecule has 1 N–H and O–H groups in total. The third kappa shape index (κ3) is 3.89. The molecule has 2 aromatic carbocycles. The molecule has 7 heteroatoms. The summed E-state index contributed by atoms with van der Waals surface area (Å²) < 4.78 is 11.2. The largest absolute Gasteiger partial charge is 0.495 e. The molecule has 0 spiro atoms. The molecule has 1 heterocycles. The first-order chi connectivity index (χ1) is 12.0. The number of methoxy groups -OCH3 is 1. The van der Waals surface area contributed by atoms with Crippen LogP contribution in [0.3, 0.4) is 0 Å². The molecule has 0 aliphatic heterocycles. The molecule has 0 radical (unpaired) electrons. The fourth-order valence-corrected chi connectivity index (χ4v) is 2.68. The quantitative estimate of drug-likeness (QED) is 0.632. The number of nitrogens with zero attached hydrogens (tertiary/aromatic N) is 2. The second-order valence-electron chi connectivity index (χ2n) is 5.64. The molecular weight excluding hydrogens is 361 g/mol. The lowest BCUT2D eigenvalue weighted by molar-refractivity contribution is 0.415. The normalized spacial score (nSPS) is 12.0. The Morgan fingerprint density at radius 2 is 1.88 bits per heavy atom. The summed E-state index contributed by atoms with van der Waals surface area (Å²) in [5.74, 6) is 1.60. The maximum Gasteiger partial charge on any atom is 0.247 e. The van der Waals surface area contributed by atoms with E-state index in [4.69, 9.17) is 32.4 Å². The van der Waals surface area contributed by atoms with Crippen LogP contribution >= 0.6 is 23.2 Å². The fourth-order valence-electron chi connectivity index (χ4n) is 2.38. The standard InChI is InChI=1S/C18H17Cl2N3O2/c1-10-4-7-16(24-3)15(8-10)21-11(2)17-22-23-18(25-17)12-5-6-13(19)14(20)9-12/h4-9,11,21H,1-3H3/t11-/m0/s1. The van der Waals surface area contributed by atoms with E-state index in [1.54, 1.807) is 25.3 Å². The Balaban J connectivity index is 1.82. The van der Waals surface area contributed by atoms with Gasteiger partial charge < -0.3 is 14.5 Å². The van der Waals surface area contributed by atoms with E-state index < -0.39 is 0 Å². The first-order valence-electron chi connectivity index (χ1n) is 7.68. The SMILES string of the molecule is COc1ccc(C)cc1N[C@@H](C)c1nnc(-c2ccc(Cl)c(Cl)c2)o1. The van der Waals surface area contributed by atoms with Crippen molar-refractivity contribution < 1.29 is 9.15 Å². The minimum Gasteiger partial charge on any atom is -0.495 e. The number of ether oxygens (including phenoxy) is 1. The van der Waals surface area contributed by atoms with E-state index in [2.05, 4.69) is 15.5 Å². The number of hydrogen-bond acceptors (Lipinski definition) is 5. The number of anilines is 1. The number of benzene rings is 2. The van der Waals surface area contributed by atoms with Crippen LogP contribution in [0.25, 0.3) is 11.5 Å². The summed E-state index contributed by atoms with van der Waals surface area (Å²) in [6.45, 7) is 3.96. The number of halogens is 2. The van der Waals surface area contributed by atoms with Gasteiger partial charge in [-0.15, -0.1) is 10.2 Å². The number of aromatic nitrogens is 2. The Labute approximate surface area is 155 Å². The zero-order chi connectivity index (χ0) is 18.0. The highest BCUT2D eigenvalue weighted by Gasteiger charge is 2.17. The van der Waals surface area contributed by atoms with Gasteiger partial charge in [-0.3, -0.25) is 0 Å². The average Bonchev–Trinajstić information content (AvgIpc) is 3.08. The van der Waals surface area contributed by atoms with Crippen LogP contribution in [-0.4, -0.2) is 17.3 Å².